The molecular weight excluding hydrogens is 396 g/mol. The van der Waals surface area contributed by atoms with Gasteiger partial charge in [0.1, 0.15) is 6.26 Å². The number of aromatic nitrogens is 3. The van der Waals surface area contributed by atoms with Gasteiger partial charge < -0.3 is 14.3 Å². The van der Waals surface area contributed by atoms with Gasteiger partial charge in [0.2, 0.25) is 0 Å². The lowest BCUT2D eigenvalue weighted by atomic mass is 9.91. The molecule has 0 radical (unpaired) electrons. The zero-order chi connectivity index (χ0) is 20.8. The van der Waals surface area contributed by atoms with E-state index in [-0.39, 0.29) is 11.9 Å². The number of thioether (sulfide) groups is 1. The van der Waals surface area contributed by atoms with Gasteiger partial charge in [-0.3, -0.25) is 4.79 Å². The molecule has 30 heavy (non-hydrogen) atoms. The van der Waals surface area contributed by atoms with Crippen LogP contribution < -0.4 is 5.32 Å². The number of furan rings is 1. The highest BCUT2D eigenvalue weighted by atomic mass is 32.2. The quantitative estimate of drug-likeness (QED) is 0.526. The van der Waals surface area contributed by atoms with E-state index < -0.39 is 0 Å². The summed E-state index contributed by atoms with van der Waals surface area (Å²) >= 11 is 1.78. The SMILES string of the molecule is Cn1c(SCC2CCCCC2)nnc1[C@H](Cc1ccccc1)NC(=O)c1ccoc1. The fourth-order valence-corrected chi connectivity index (χ4v) is 5.10. The minimum atomic E-state index is -0.281. The highest BCUT2D eigenvalue weighted by Gasteiger charge is 2.24. The summed E-state index contributed by atoms with van der Waals surface area (Å²) in [5.41, 5.74) is 1.64. The molecule has 0 bridgehead atoms. The van der Waals surface area contributed by atoms with Crippen LogP contribution >= 0.6 is 11.8 Å². The fraction of sp³-hybridized carbons (Fsp3) is 0.435. The Balaban J connectivity index is 1.50. The summed E-state index contributed by atoms with van der Waals surface area (Å²) in [6.45, 7) is 0. The molecule has 6 nitrogen and oxygen atoms in total. The van der Waals surface area contributed by atoms with Gasteiger partial charge >= 0.3 is 0 Å². The van der Waals surface area contributed by atoms with Crippen molar-refractivity contribution in [2.75, 3.05) is 5.75 Å². The first-order valence-corrected chi connectivity index (χ1v) is 11.6. The number of carbonyl (C=O) groups excluding carboxylic acids is 1. The molecule has 0 aliphatic heterocycles. The molecule has 0 unspecified atom stereocenters. The standard InChI is InChI=1S/C23H28N4O2S/c1-27-21(25-26-23(27)30-16-18-10-6-3-7-11-18)20(14-17-8-4-2-5-9-17)24-22(28)19-12-13-29-15-19/h2,4-5,8-9,12-13,15,18,20H,3,6-7,10-11,14,16H2,1H3,(H,24,28)/t20-/m0/s1. The number of nitrogens with one attached hydrogen (secondary N) is 1. The van der Waals surface area contributed by atoms with Gasteiger partial charge in [-0.25, -0.2) is 0 Å². The Kier molecular flexibility index (Phi) is 6.89. The zero-order valence-corrected chi connectivity index (χ0v) is 18.1. The molecule has 158 valence electrons. The van der Waals surface area contributed by atoms with Gasteiger partial charge in [-0.2, -0.15) is 0 Å². The molecule has 1 saturated carbocycles. The first-order valence-electron chi connectivity index (χ1n) is 10.6. The molecule has 1 aliphatic rings. The second-order valence-corrected chi connectivity index (χ2v) is 8.93. The maximum absolute atomic E-state index is 12.7. The molecule has 2 heterocycles. The van der Waals surface area contributed by atoms with Gasteiger partial charge in [-0.05, 0) is 36.8 Å². The normalized spacial score (nSPS) is 15.8. The van der Waals surface area contributed by atoms with Crippen molar-refractivity contribution in [2.24, 2.45) is 13.0 Å². The molecule has 3 aromatic rings. The number of amides is 1. The predicted octanol–water partition coefficient (Wildman–Crippen LogP) is 4.79. The third kappa shape index (κ3) is 5.14. The molecule has 1 N–H and O–H groups in total. The summed E-state index contributed by atoms with van der Waals surface area (Å²) in [4.78, 5) is 12.7. The molecule has 1 aliphatic carbocycles. The van der Waals surface area contributed by atoms with Crippen LogP contribution in [0.5, 0.6) is 0 Å². The van der Waals surface area contributed by atoms with Crippen LogP contribution in [0.15, 0.2) is 58.5 Å². The van der Waals surface area contributed by atoms with E-state index in [0.717, 1.165) is 28.2 Å². The van der Waals surface area contributed by atoms with Crippen molar-refractivity contribution >= 4 is 17.7 Å². The van der Waals surface area contributed by atoms with Crippen molar-refractivity contribution in [3.8, 4) is 0 Å². The van der Waals surface area contributed by atoms with E-state index in [1.165, 1.54) is 44.6 Å². The summed E-state index contributed by atoms with van der Waals surface area (Å²) in [7, 11) is 1.99. The lowest BCUT2D eigenvalue weighted by molar-refractivity contribution is 0.0933. The maximum atomic E-state index is 12.7. The number of hydrogen-bond acceptors (Lipinski definition) is 5. The first-order chi connectivity index (χ1) is 14.7. The van der Waals surface area contributed by atoms with E-state index >= 15 is 0 Å². The molecule has 1 amide bonds. The third-order valence-corrected chi connectivity index (χ3v) is 6.98. The number of hydrogen-bond donors (Lipinski definition) is 1. The molecule has 7 heteroatoms. The van der Waals surface area contributed by atoms with Crippen molar-refractivity contribution in [3.05, 3.63) is 65.9 Å². The van der Waals surface area contributed by atoms with E-state index in [4.69, 9.17) is 4.42 Å². The molecular formula is C23H28N4O2S. The molecule has 1 atom stereocenters. The predicted molar refractivity (Wildman–Crippen MR) is 117 cm³/mol. The van der Waals surface area contributed by atoms with Gasteiger partial charge in [0, 0.05) is 12.8 Å². The molecule has 0 spiro atoms. The van der Waals surface area contributed by atoms with Crippen LogP contribution in [0.3, 0.4) is 0 Å². The lowest BCUT2D eigenvalue weighted by Crippen LogP contribution is -2.31. The van der Waals surface area contributed by atoms with Crippen LogP contribution in [-0.2, 0) is 13.5 Å². The number of carbonyl (C=O) groups is 1. The van der Waals surface area contributed by atoms with E-state index in [9.17, 15) is 4.79 Å². The van der Waals surface area contributed by atoms with E-state index in [1.54, 1.807) is 17.8 Å². The molecule has 1 fully saturated rings. The second kappa shape index (κ2) is 9.98. The van der Waals surface area contributed by atoms with E-state index in [1.807, 2.05) is 29.8 Å². The monoisotopic (exact) mass is 424 g/mol. The van der Waals surface area contributed by atoms with Crippen molar-refractivity contribution in [1.82, 2.24) is 20.1 Å². The Hall–Kier alpha value is -2.54. The molecule has 0 saturated heterocycles. The van der Waals surface area contributed by atoms with E-state index in [0.29, 0.717) is 12.0 Å². The number of nitrogens with zero attached hydrogens (tertiary/aromatic N) is 3. The molecule has 4 rings (SSSR count). The Morgan fingerprint density at radius 1 is 1.20 bits per heavy atom. The zero-order valence-electron chi connectivity index (χ0n) is 17.3. The lowest BCUT2D eigenvalue weighted by Gasteiger charge is -2.21. The average molecular weight is 425 g/mol. The van der Waals surface area contributed by atoms with Crippen molar-refractivity contribution < 1.29 is 9.21 Å². The highest BCUT2D eigenvalue weighted by molar-refractivity contribution is 7.99. The van der Waals surface area contributed by atoms with Crippen molar-refractivity contribution in [2.45, 2.75) is 49.7 Å². The van der Waals surface area contributed by atoms with Crippen LogP contribution in [0.2, 0.25) is 0 Å². The maximum Gasteiger partial charge on any atom is 0.255 e. The molecule has 2 aromatic heterocycles. The number of benzene rings is 1. The fourth-order valence-electron chi connectivity index (χ4n) is 3.99. The Morgan fingerprint density at radius 2 is 2.00 bits per heavy atom. The average Bonchev–Trinajstić information content (AvgIpc) is 3.44. The van der Waals surface area contributed by atoms with Crippen LogP contribution in [0, 0.1) is 5.92 Å². The van der Waals surface area contributed by atoms with Gasteiger partial charge in [-0.1, -0.05) is 61.4 Å². The minimum absolute atomic E-state index is 0.177. The highest BCUT2D eigenvalue weighted by Crippen LogP contribution is 2.30. The van der Waals surface area contributed by atoms with Gasteiger partial charge in [-0.15, -0.1) is 10.2 Å². The summed E-state index contributed by atoms with van der Waals surface area (Å²) in [6.07, 6.45) is 10.3. The summed E-state index contributed by atoms with van der Waals surface area (Å²) in [6, 6.07) is 11.5. The van der Waals surface area contributed by atoms with Crippen LogP contribution in [-0.4, -0.2) is 26.4 Å². The summed E-state index contributed by atoms with van der Waals surface area (Å²) in [5.74, 6) is 2.44. The Bertz CT molecular complexity index is 934. The van der Waals surface area contributed by atoms with Crippen LogP contribution in [0.4, 0.5) is 0 Å². The third-order valence-electron chi connectivity index (χ3n) is 5.72. The Labute approximate surface area is 181 Å². The van der Waals surface area contributed by atoms with Gasteiger partial charge in [0.25, 0.3) is 5.91 Å². The smallest absolute Gasteiger partial charge is 0.255 e. The molecule has 1 aromatic carbocycles. The largest absolute Gasteiger partial charge is 0.472 e. The van der Waals surface area contributed by atoms with E-state index in [2.05, 4.69) is 27.6 Å². The number of rotatable bonds is 8. The Morgan fingerprint density at radius 3 is 2.73 bits per heavy atom. The van der Waals surface area contributed by atoms with Gasteiger partial charge in [0.15, 0.2) is 11.0 Å². The van der Waals surface area contributed by atoms with Crippen LogP contribution in [0.25, 0.3) is 0 Å². The van der Waals surface area contributed by atoms with Gasteiger partial charge in [0.05, 0.1) is 17.9 Å². The topological polar surface area (TPSA) is 73.0 Å². The minimum Gasteiger partial charge on any atom is -0.472 e. The summed E-state index contributed by atoms with van der Waals surface area (Å²) in [5, 5.41) is 12.9. The first kappa shape index (κ1) is 20.7. The van der Waals surface area contributed by atoms with Crippen molar-refractivity contribution in [1.29, 1.82) is 0 Å². The summed E-state index contributed by atoms with van der Waals surface area (Å²) < 4.78 is 7.09. The van der Waals surface area contributed by atoms with Crippen molar-refractivity contribution in [3.63, 3.8) is 0 Å². The van der Waals surface area contributed by atoms with Crippen LogP contribution in [0.1, 0.15) is 59.9 Å². The second-order valence-electron chi connectivity index (χ2n) is 7.94.